The van der Waals surface area contributed by atoms with Crippen molar-refractivity contribution in [2.75, 3.05) is 17.7 Å². The Morgan fingerprint density at radius 3 is 2.94 bits per heavy atom. The number of nitrogens with zero attached hydrogens (tertiary/aromatic N) is 1. The number of nitrogens with one attached hydrogen (secondary N) is 2. The van der Waals surface area contributed by atoms with Crippen LogP contribution < -0.4 is 10.6 Å². The SMILES string of the molecule is N#C/C(=C/Nc1cccc(Br)c1)C(=O)NCCCl. The van der Waals surface area contributed by atoms with Gasteiger partial charge in [0.05, 0.1) is 0 Å². The smallest absolute Gasteiger partial charge is 0.263 e. The van der Waals surface area contributed by atoms with Crippen LogP contribution in [-0.4, -0.2) is 18.3 Å². The Balaban J connectivity index is 2.69. The second-order valence-electron chi connectivity index (χ2n) is 3.27. The van der Waals surface area contributed by atoms with Gasteiger partial charge >= 0.3 is 0 Å². The lowest BCUT2D eigenvalue weighted by molar-refractivity contribution is -0.117. The molecule has 0 aliphatic carbocycles. The van der Waals surface area contributed by atoms with Crippen molar-refractivity contribution in [2.45, 2.75) is 0 Å². The molecular formula is C12H11BrClN3O. The van der Waals surface area contributed by atoms with Gasteiger partial charge in [-0.1, -0.05) is 22.0 Å². The Hall–Kier alpha value is -1.51. The van der Waals surface area contributed by atoms with Gasteiger partial charge in [-0.25, -0.2) is 0 Å². The molecule has 4 nitrogen and oxygen atoms in total. The van der Waals surface area contributed by atoms with Crippen LogP contribution >= 0.6 is 27.5 Å². The first kappa shape index (κ1) is 14.6. The van der Waals surface area contributed by atoms with E-state index in [-0.39, 0.29) is 5.57 Å². The van der Waals surface area contributed by atoms with Crippen LogP contribution in [0.15, 0.2) is 40.5 Å². The Bertz CT molecular complexity index is 496. The number of halogens is 2. The first-order valence-corrected chi connectivity index (χ1v) is 6.46. The Morgan fingerprint density at radius 2 is 2.33 bits per heavy atom. The summed E-state index contributed by atoms with van der Waals surface area (Å²) in [7, 11) is 0. The monoisotopic (exact) mass is 327 g/mol. The van der Waals surface area contributed by atoms with Crippen LogP contribution in [0.2, 0.25) is 0 Å². The number of carbonyl (C=O) groups is 1. The minimum absolute atomic E-state index is 0.0000853. The summed E-state index contributed by atoms with van der Waals surface area (Å²) in [5, 5.41) is 14.3. The molecule has 6 heteroatoms. The van der Waals surface area contributed by atoms with E-state index in [0.717, 1.165) is 10.2 Å². The summed E-state index contributed by atoms with van der Waals surface area (Å²) in [6.07, 6.45) is 1.37. The molecule has 0 heterocycles. The van der Waals surface area contributed by atoms with Crippen LogP contribution in [0.4, 0.5) is 5.69 Å². The van der Waals surface area contributed by atoms with Crippen LogP contribution in [0.3, 0.4) is 0 Å². The second-order valence-corrected chi connectivity index (χ2v) is 4.56. The van der Waals surface area contributed by atoms with Gasteiger partial charge in [0.15, 0.2) is 0 Å². The molecule has 0 radical (unpaired) electrons. The quantitative estimate of drug-likeness (QED) is 0.496. The lowest BCUT2D eigenvalue weighted by atomic mass is 10.3. The lowest BCUT2D eigenvalue weighted by Crippen LogP contribution is -2.26. The molecule has 1 aromatic carbocycles. The molecule has 0 aromatic heterocycles. The number of hydrogen-bond acceptors (Lipinski definition) is 3. The summed E-state index contributed by atoms with van der Waals surface area (Å²) in [6, 6.07) is 9.22. The Morgan fingerprint density at radius 1 is 1.56 bits per heavy atom. The zero-order chi connectivity index (χ0) is 13.4. The van der Waals surface area contributed by atoms with E-state index >= 15 is 0 Å². The normalized spacial score (nSPS) is 10.6. The fraction of sp³-hybridized carbons (Fsp3) is 0.167. The molecule has 94 valence electrons. The highest BCUT2D eigenvalue weighted by Gasteiger charge is 2.07. The van der Waals surface area contributed by atoms with Crippen molar-refractivity contribution < 1.29 is 4.79 Å². The van der Waals surface area contributed by atoms with Crippen LogP contribution in [0, 0.1) is 11.3 Å². The van der Waals surface area contributed by atoms with E-state index in [1.54, 1.807) is 0 Å². The van der Waals surface area contributed by atoms with E-state index in [9.17, 15) is 4.79 Å². The number of anilines is 1. The molecule has 0 spiro atoms. The van der Waals surface area contributed by atoms with Gasteiger partial charge in [-0.05, 0) is 18.2 Å². The first-order valence-electron chi connectivity index (χ1n) is 5.14. The Kier molecular flexibility index (Phi) is 6.26. The molecule has 1 rings (SSSR count). The standard InChI is InChI=1S/C12H11BrClN3O/c13-10-2-1-3-11(6-10)17-8-9(7-15)12(18)16-5-4-14/h1-3,6,8,17H,4-5H2,(H,16,18)/b9-8-. The highest BCUT2D eigenvalue weighted by molar-refractivity contribution is 9.10. The zero-order valence-corrected chi connectivity index (χ0v) is 11.8. The number of carbonyl (C=O) groups excluding carboxylic acids is 1. The lowest BCUT2D eigenvalue weighted by Gasteiger charge is -2.03. The summed E-state index contributed by atoms with van der Waals surface area (Å²) in [4.78, 5) is 11.5. The maximum atomic E-state index is 11.5. The van der Waals surface area contributed by atoms with Crippen LogP contribution in [0.5, 0.6) is 0 Å². The summed E-state index contributed by atoms with van der Waals surface area (Å²) in [5.74, 6) is -0.135. The van der Waals surface area contributed by atoms with Gasteiger partial charge in [-0.15, -0.1) is 11.6 Å². The van der Waals surface area contributed by atoms with E-state index in [4.69, 9.17) is 16.9 Å². The van der Waals surface area contributed by atoms with Crippen molar-refractivity contribution in [2.24, 2.45) is 0 Å². The van der Waals surface area contributed by atoms with E-state index < -0.39 is 5.91 Å². The minimum Gasteiger partial charge on any atom is -0.360 e. The predicted octanol–water partition coefficient (Wildman–Crippen LogP) is 2.62. The van der Waals surface area contributed by atoms with Gasteiger partial charge in [0.1, 0.15) is 11.6 Å². The van der Waals surface area contributed by atoms with Gasteiger partial charge in [-0.3, -0.25) is 4.79 Å². The molecule has 0 aliphatic heterocycles. The first-order chi connectivity index (χ1) is 8.67. The third-order valence-electron chi connectivity index (χ3n) is 1.95. The fourth-order valence-corrected chi connectivity index (χ4v) is 1.63. The molecule has 1 amide bonds. The molecule has 1 aromatic rings. The molecule has 0 saturated carbocycles. The van der Waals surface area contributed by atoms with Gasteiger partial charge in [0.2, 0.25) is 0 Å². The number of amides is 1. The summed E-state index contributed by atoms with van der Waals surface area (Å²) in [6.45, 7) is 0.330. The molecule has 0 unspecified atom stereocenters. The highest BCUT2D eigenvalue weighted by atomic mass is 79.9. The van der Waals surface area contributed by atoms with Gasteiger partial charge in [-0.2, -0.15) is 5.26 Å². The zero-order valence-electron chi connectivity index (χ0n) is 9.41. The molecule has 0 aliphatic rings. The summed E-state index contributed by atoms with van der Waals surface area (Å²) >= 11 is 8.78. The molecule has 0 saturated heterocycles. The van der Waals surface area contributed by atoms with E-state index in [1.807, 2.05) is 30.3 Å². The van der Waals surface area contributed by atoms with E-state index in [2.05, 4.69) is 26.6 Å². The van der Waals surface area contributed by atoms with Crippen molar-refractivity contribution >= 4 is 39.1 Å². The topological polar surface area (TPSA) is 64.9 Å². The van der Waals surface area contributed by atoms with Crippen molar-refractivity contribution in [1.82, 2.24) is 5.32 Å². The maximum absolute atomic E-state index is 11.5. The van der Waals surface area contributed by atoms with Crippen molar-refractivity contribution in [1.29, 1.82) is 5.26 Å². The predicted molar refractivity (Wildman–Crippen MR) is 75.2 cm³/mol. The molecule has 0 atom stereocenters. The largest absolute Gasteiger partial charge is 0.360 e. The molecule has 18 heavy (non-hydrogen) atoms. The fourth-order valence-electron chi connectivity index (χ4n) is 1.14. The van der Waals surface area contributed by atoms with Crippen molar-refractivity contribution in [3.63, 3.8) is 0 Å². The maximum Gasteiger partial charge on any atom is 0.263 e. The molecule has 0 bridgehead atoms. The Labute approximate surface area is 119 Å². The molecule has 0 fully saturated rings. The summed E-state index contributed by atoms with van der Waals surface area (Å²) < 4.78 is 0.908. The van der Waals surface area contributed by atoms with E-state index in [0.29, 0.717) is 12.4 Å². The van der Waals surface area contributed by atoms with Gasteiger partial charge < -0.3 is 10.6 Å². The van der Waals surface area contributed by atoms with Gasteiger partial charge in [0.25, 0.3) is 5.91 Å². The average Bonchev–Trinajstić information content (AvgIpc) is 2.37. The number of alkyl halides is 1. The van der Waals surface area contributed by atoms with E-state index in [1.165, 1.54) is 6.20 Å². The third kappa shape index (κ3) is 4.78. The van der Waals surface area contributed by atoms with Crippen molar-refractivity contribution in [3.05, 3.63) is 40.5 Å². The summed E-state index contributed by atoms with van der Waals surface area (Å²) in [5.41, 5.74) is 0.780. The van der Waals surface area contributed by atoms with Gasteiger partial charge in [0, 0.05) is 28.8 Å². The average molecular weight is 329 g/mol. The second kappa shape index (κ2) is 7.75. The molecular weight excluding hydrogens is 318 g/mol. The van der Waals surface area contributed by atoms with Crippen LogP contribution in [-0.2, 0) is 4.79 Å². The number of rotatable bonds is 5. The minimum atomic E-state index is -0.444. The van der Waals surface area contributed by atoms with Crippen LogP contribution in [0.1, 0.15) is 0 Å². The number of benzene rings is 1. The number of nitriles is 1. The number of hydrogen-bond donors (Lipinski definition) is 2. The third-order valence-corrected chi connectivity index (χ3v) is 2.64. The highest BCUT2D eigenvalue weighted by Crippen LogP contribution is 2.15. The van der Waals surface area contributed by atoms with Crippen molar-refractivity contribution in [3.8, 4) is 6.07 Å². The molecule has 2 N–H and O–H groups in total. The van der Waals surface area contributed by atoms with Crippen LogP contribution in [0.25, 0.3) is 0 Å².